The number of aromatic nitrogens is 2. The molecule has 5 rings (SSSR count). The van der Waals surface area contributed by atoms with E-state index < -0.39 is 0 Å². The summed E-state index contributed by atoms with van der Waals surface area (Å²) in [4.78, 5) is 11.1. The summed E-state index contributed by atoms with van der Waals surface area (Å²) in [6.45, 7) is 4.26. The highest BCUT2D eigenvalue weighted by Gasteiger charge is 2.08. The predicted octanol–water partition coefficient (Wildman–Crippen LogP) is 7.82. The Morgan fingerprint density at radius 1 is 0.812 bits per heavy atom. The lowest BCUT2D eigenvalue weighted by Crippen LogP contribution is -1.98. The third-order valence-electron chi connectivity index (χ3n) is 5.62. The van der Waals surface area contributed by atoms with E-state index >= 15 is 0 Å². The normalized spacial score (nSPS) is 11.8. The second-order valence-electron chi connectivity index (χ2n) is 8.04. The summed E-state index contributed by atoms with van der Waals surface area (Å²) in [6.07, 6.45) is 2.92. The van der Waals surface area contributed by atoms with Crippen LogP contribution in [0.2, 0.25) is 0 Å². The first-order chi connectivity index (χ1) is 15.7. The second kappa shape index (κ2) is 8.89. The zero-order chi connectivity index (χ0) is 21.9. The number of hydrogen-bond donors (Lipinski definition) is 0. The fraction of sp³-hybridized carbons (Fsp3) is 0.103. The van der Waals surface area contributed by atoms with Gasteiger partial charge in [-0.05, 0) is 78.4 Å². The van der Waals surface area contributed by atoms with E-state index in [9.17, 15) is 0 Å². The number of hydrogen-bond acceptors (Lipinski definition) is 3. The van der Waals surface area contributed by atoms with Crippen molar-refractivity contribution in [3.8, 4) is 10.6 Å². The maximum Gasteiger partial charge on any atom is 0.0805 e. The Hall–Kier alpha value is -3.56. The van der Waals surface area contributed by atoms with Gasteiger partial charge in [0.25, 0.3) is 0 Å². The summed E-state index contributed by atoms with van der Waals surface area (Å²) < 4.78 is 1.29. The van der Waals surface area contributed by atoms with Crippen LogP contribution in [0.3, 0.4) is 0 Å². The van der Waals surface area contributed by atoms with Gasteiger partial charge in [-0.3, -0.25) is 9.97 Å². The van der Waals surface area contributed by atoms with E-state index in [0.717, 1.165) is 28.3 Å². The van der Waals surface area contributed by atoms with Gasteiger partial charge in [0.2, 0.25) is 0 Å². The van der Waals surface area contributed by atoms with Crippen molar-refractivity contribution in [1.82, 2.24) is 9.97 Å². The molecule has 0 aliphatic heterocycles. The first-order valence-electron chi connectivity index (χ1n) is 10.8. The van der Waals surface area contributed by atoms with Crippen molar-refractivity contribution in [3.63, 3.8) is 0 Å². The highest BCUT2D eigenvalue weighted by molar-refractivity contribution is 7.22. The lowest BCUT2D eigenvalue weighted by molar-refractivity contribution is 1.01. The Morgan fingerprint density at radius 2 is 1.56 bits per heavy atom. The van der Waals surface area contributed by atoms with Crippen molar-refractivity contribution in [2.45, 2.75) is 20.3 Å². The number of allylic oxidation sites excluding steroid dienone is 1. The van der Waals surface area contributed by atoms with Crippen molar-refractivity contribution >= 4 is 33.1 Å². The number of thiophene rings is 1. The van der Waals surface area contributed by atoms with Crippen molar-refractivity contribution < 1.29 is 0 Å². The molecule has 3 heterocycles. The van der Waals surface area contributed by atoms with Gasteiger partial charge < -0.3 is 0 Å². The smallest absolute Gasteiger partial charge is 0.0805 e. The molecule has 0 amide bonds. The third kappa shape index (κ3) is 4.39. The maximum atomic E-state index is 4.94. The molecule has 3 heteroatoms. The quantitative estimate of drug-likeness (QED) is 0.283. The van der Waals surface area contributed by atoms with Gasteiger partial charge in [-0.1, -0.05) is 54.6 Å². The Labute approximate surface area is 192 Å². The molecule has 0 spiro atoms. The van der Waals surface area contributed by atoms with E-state index in [0.29, 0.717) is 6.42 Å². The Kier molecular flexibility index (Phi) is 5.66. The molecule has 156 valence electrons. The van der Waals surface area contributed by atoms with Gasteiger partial charge in [-0.2, -0.15) is 0 Å². The van der Waals surface area contributed by atoms with Crippen molar-refractivity contribution in [2.24, 2.45) is 0 Å². The molecule has 32 heavy (non-hydrogen) atoms. The fourth-order valence-corrected chi connectivity index (χ4v) is 4.90. The third-order valence-corrected chi connectivity index (χ3v) is 6.76. The standard InChI is InChI=1S/C29H24N2S/c1-20-9-3-4-10-22(20)17-21(2)26-14-7-12-24(30-26)19-25-13-8-15-27(31-25)29-18-23-11-5-6-16-28(23)32-29/h3-18H,19H2,1-2H3. The highest BCUT2D eigenvalue weighted by Crippen LogP contribution is 2.32. The summed E-state index contributed by atoms with van der Waals surface area (Å²) in [5.41, 5.74) is 7.75. The Balaban J connectivity index is 1.40. The summed E-state index contributed by atoms with van der Waals surface area (Å²) in [6, 6.07) is 31.6. The zero-order valence-corrected chi connectivity index (χ0v) is 19.1. The van der Waals surface area contributed by atoms with Gasteiger partial charge >= 0.3 is 0 Å². The zero-order valence-electron chi connectivity index (χ0n) is 18.2. The minimum atomic E-state index is 0.713. The summed E-state index contributed by atoms with van der Waals surface area (Å²) in [7, 11) is 0. The van der Waals surface area contributed by atoms with Crippen LogP contribution < -0.4 is 0 Å². The number of pyridine rings is 2. The number of aryl methyl sites for hydroxylation is 1. The van der Waals surface area contributed by atoms with Crippen LogP contribution in [0, 0.1) is 6.92 Å². The van der Waals surface area contributed by atoms with Gasteiger partial charge in [-0.25, -0.2) is 0 Å². The van der Waals surface area contributed by atoms with Gasteiger partial charge in [0, 0.05) is 22.5 Å². The van der Waals surface area contributed by atoms with Crippen LogP contribution in [-0.2, 0) is 6.42 Å². The number of rotatable bonds is 5. The van der Waals surface area contributed by atoms with E-state index in [4.69, 9.17) is 9.97 Å². The molecule has 3 aromatic heterocycles. The monoisotopic (exact) mass is 432 g/mol. The predicted molar refractivity (Wildman–Crippen MR) is 137 cm³/mol. The SMILES string of the molecule is CC(=Cc1ccccc1C)c1cccc(Cc2cccc(-c3cc4ccccc4s3)n2)n1. The summed E-state index contributed by atoms with van der Waals surface area (Å²) in [5, 5.41) is 1.27. The molecule has 2 aromatic carbocycles. The van der Waals surface area contributed by atoms with Crippen LogP contribution in [0.5, 0.6) is 0 Å². The first-order valence-corrected chi connectivity index (χ1v) is 11.6. The highest BCUT2D eigenvalue weighted by atomic mass is 32.1. The average Bonchev–Trinajstić information content (AvgIpc) is 3.25. The summed E-state index contributed by atoms with van der Waals surface area (Å²) in [5.74, 6) is 0. The maximum absolute atomic E-state index is 4.94. The molecule has 0 atom stereocenters. The van der Waals surface area contributed by atoms with Gasteiger partial charge in [0.05, 0.1) is 16.3 Å². The molecule has 0 N–H and O–H groups in total. The molecule has 0 radical (unpaired) electrons. The van der Waals surface area contributed by atoms with Crippen molar-refractivity contribution in [2.75, 3.05) is 0 Å². The Bertz CT molecular complexity index is 1400. The fourth-order valence-electron chi connectivity index (χ4n) is 3.86. The van der Waals surface area contributed by atoms with E-state index in [1.165, 1.54) is 26.1 Å². The molecule has 0 aliphatic rings. The lowest BCUT2D eigenvalue weighted by atomic mass is 10.0. The number of benzene rings is 2. The molecule has 0 saturated carbocycles. The lowest BCUT2D eigenvalue weighted by Gasteiger charge is -2.07. The molecule has 0 fully saturated rings. The van der Waals surface area contributed by atoms with Crippen LogP contribution >= 0.6 is 11.3 Å². The van der Waals surface area contributed by atoms with Gasteiger partial charge in [0.15, 0.2) is 0 Å². The molecule has 5 aromatic rings. The number of nitrogens with zero attached hydrogens (tertiary/aromatic N) is 2. The van der Waals surface area contributed by atoms with Crippen molar-refractivity contribution in [1.29, 1.82) is 0 Å². The van der Waals surface area contributed by atoms with Crippen LogP contribution in [0.15, 0.2) is 91.0 Å². The molecular formula is C29H24N2S. The number of fused-ring (bicyclic) bond motifs is 1. The van der Waals surface area contributed by atoms with E-state index in [2.05, 4.69) is 111 Å². The van der Waals surface area contributed by atoms with Crippen molar-refractivity contribution in [3.05, 3.63) is 119 Å². The van der Waals surface area contributed by atoms with E-state index in [1.807, 2.05) is 0 Å². The minimum absolute atomic E-state index is 0.713. The molecule has 0 unspecified atom stereocenters. The molecule has 0 aliphatic carbocycles. The molecule has 0 bridgehead atoms. The average molecular weight is 433 g/mol. The minimum Gasteiger partial charge on any atom is -0.253 e. The van der Waals surface area contributed by atoms with Crippen LogP contribution in [-0.4, -0.2) is 9.97 Å². The largest absolute Gasteiger partial charge is 0.253 e. The first kappa shape index (κ1) is 20.3. The second-order valence-corrected chi connectivity index (χ2v) is 9.12. The molecule has 0 saturated heterocycles. The molecule has 2 nitrogen and oxygen atoms in total. The molecular weight excluding hydrogens is 408 g/mol. The van der Waals surface area contributed by atoms with Crippen LogP contribution in [0.1, 0.15) is 35.1 Å². The van der Waals surface area contributed by atoms with Gasteiger partial charge in [-0.15, -0.1) is 11.3 Å². The van der Waals surface area contributed by atoms with E-state index in [1.54, 1.807) is 11.3 Å². The van der Waals surface area contributed by atoms with Crippen LogP contribution in [0.4, 0.5) is 0 Å². The topological polar surface area (TPSA) is 25.8 Å². The Morgan fingerprint density at radius 3 is 2.41 bits per heavy atom. The van der Waals surface area contributed by atoms with Crippen LogP contribution in [0.25, 0.3) is 32.3 Å². The van der Waals surface area contributed by atoms with E-state index in [-0.39, 0.29) is 0 Å². The summed E-state index contributed by atoms with van der Waals surface area (Å²) >= 11 is 1.79. The van der Waals surface area contributed by atoms with Gasteiger partial charge in [0.1, 0.15) is 0 Å².